The van der Waals surface area contributed by atoms with Crippen LogP contribution in [0.25, 0.3) is 0 Å². The topological polar surface area (TPSA) is 71.8 Å². The average molecular weight is 163 g/mol. The third-order valence-corrected chi connectivity index (χ3v) is 1.05. The molecule has 1 N–H and O–H groups in total. The van der Waals surface area contributed by atoms with Gasteiger partial charge in [0.2, 0.25) is 5.69 Å². The summed E-state index contributed by atoms with van der Waals surface area (Å²) in [5, 5.41) is 15.0. The van der Waals surface area contributed by atoms with Crippen LogP contribution in [0, 0.1) is 10.1 Å². The summed E-state index contributed by atoms with van der Waals surface area (Å²) in [7, 11) is 0. The van der Waals surface area contributed by atoms with Crippen molar-refractivity contribution in [1.29, 1.82) is 0 Å². The molecule has 0 radical (unpaired) electrons. The van der Waals surface area contributed by atoms with Crippen molar-refractivity contribution in [3.05, 3.63) is 22.0 Å². The van der Waals surface area contributed by atoms with E-state index in [1.54, 1.807) is 0 Å². The van der Waals surface area contributed by atoms with Crippen LogP contribution in [0.3, 0.4) is 0 Å². The molecule has 0 aliphatic heterocycles. The fourth-order valence-corrected chi connectivity index (χ4v) is 0.601. The van der Waals surface area contributed by atoms with Crippen molar-refractivity contribution in [2.24, 2.45) is 0 Å². The quantitative estimate of drug-likeness (QED) is 0.526. The molecule has 0 fully saturated rings. The van der Waals surface area contributed by atoms with Crippen molar-refractivity contribution in [2.45, 2.75) is 6.43 Å². The summed E-state index contributed by atoms with van der Waals surface area (Å²) in [6.07, 6.45) is -2.09. The molecule has 0 unspecified atom stereocenters. The van der Waals surface area contributed by atoms with Crippen LogP contribution >= 0.6 is 0 Å². The van der Waals surface area contributed by atoms with E-state index >= 15 is 0 Å². The molecule has 0 aliphatic rings. The van der Waals surface area contributed by atoms with Gasteiger partial charge in [-0.2, -0.15) is 5.10 Å². The second-order valence-electron chi connectivity index (χ2n) is 1.71. The van der Waals surface area contributed by atoms with Crippen LogP contribution in [0.1, 0.15) is 12.1 Å². The van der Waals surface area contributed by atoms with Crippen LogP contribution in [-0.4, -0.2) is 15.1 Å². The standard InChI is InChI=1S/C4H3F2N3O2/c5-4(6)3-2(9(10)11)1-7-8-3/h1,4H,(H,7,8). The van der Waals surface area contributed by atoms with E-state index in [1.807, 2.05) is 5.10 Å². The predicted molar refractivity (Wildman–Crippen MR) is 30.2 cm³/mol. The largest absolute Gasteiger partial charge is 0.315 e. The summed E-state index contributed by atoms with van der Waals surface area (Å²) in [5.74, 6) is 0. The van der Waals surface area contributed by atoms with Gasteiger partial charge in [-0.15, -0.1) is 0 Å². The zero-order valence-corrected chi connectivity index (χ0v) is 5.12. The Hall–Kier alpha value is -1.53. The SMILES string of the molecule is O=[N+]([O-])c1c[nH]nc1C(F)F. The Labute approximate surface area is 59.2 Å². The number of aromatic nitrogens is 2. The lowest BCUT2D eigenvalue weighted by Gasteiger charge is -1.90. The molecule has 0 saturated heterocycles. The molecule has 1 aromatic heterocycles. The van der Waals surface area contributed by atoms with Crippen molar-refractivity contribution >= 4 is 5.69 Å². The summed E-state index contributed by atoms with van der Waals surface area (Å²) in [5.41, 5.74) is -1.50. The number of nitrogens with zero attached hydrogens (tertiary/aromatic N) is 2. The molecular weight excluding hydrogens is 160 g/mol. The highest BCUT2D eigenvalue weighted by molar-refractivity contribution is 5.32. The van der Waals surface area contributed by atoms with E-state index < -0.39 is 22.7 Å². The summed E-state index contributed by atoms with van der Waals surface area (Å²) in [6.45, 7) is 0. The first-order chi connectivity index (χ1) is 5.13. The van der Waals surface area contributed by atoms with Gasteiger partial charge in [-0.05, 0) is 0 Å². The van der Waals surface area contributed by atoms with Crippen LogP contribution in [0.2, 0.25) is 0 Å². The molecule has 0 amide bonds. The second-order valence-corrected chi connectivity index (χ2v) is 1.71. The van der Waals surface area contributed by atoms with Gasteiger partial charge in [0.1, 0.15) is 6.20 Å². The molecule has 0 aliphatic carbocycles. The molecule has 11 heavy (non-hydrogen) atoms. The van der Waals surface area contributed by atoms with E-state index in [2.05, 4.69) is 5.10 Å². The number of alkyl halides is 2. The number of hydrogen-bond donors (Lipinski definition) is 1. The van der Waals surface area contributed by atoms with Crippen molar-refractivity contribution in [3.8, 4) is 0 Å². The molecule has 1 heterocycles. The highest BCUT2D eigenvalue weighted by Crippen LogP contribution is 2.25. The number of rotatable bonds is 2. The average Bonchev–Trinajstić information content (AvgIpc) is 2.32. The van der Waals surface area contributed by atoms with Crippen LogP contribution in [0.5, 0.6) is 0 Å². The first-order valence-electron chi connectivity index (χ1n) is 2.59. The number of nitro groups is 1. The number of halogens is 2. The maximum Gasteiger partial charge on any atom is 0.315 e. The lowest BCUT2D eigenvalue weighted by molar-refractivity contribution is -0.386. The van der Waals surface area contributed by atoms with E-state index in [9.17, 15) is 18.9 Å². The molecule has 7 heteroatoms. The Bertz CT molecular complexity index is 272. The lowest BCUT2D eigenvalue weighted by atomic mass is 10.4. The number of aromatic amines is 1. The monoisotopic (exact) mass is 163 g/mol. The third kappa shape index (κ3) is 1.31. The minimum Gasteiger partial charge on any atom is -0.278 e. The number of hydrogen-bond acceptors (Lipinski definition) is 3. The van der Waals surface area contributed by atoms with Crippen LogP contribution in [0.15, 0.2) is 6.20 Å². The van der Waals surface area contributed by atoms with E-state index in [4.69, 9.17) is 0 Å². The molecule has 0 spiro atoms. The lowest BCUT2D eigenvalue weighted by Crippen LogP contribution is -1.92. The second kappa shape index (κ2) is 2.60. The van der Waals surface area contributed by atoms with Gasteiger partial charge in [0.05, 0.1) is 4.92 Å². The minimum atomic E-state index is -2.92. The molecule has 0 atom stereocenters. The summed E-state index contributed by atoms with van der Waals surface area (Å²) < 4.78 is 23.7. The first kappa shape index (κ1) is 7.58. The zero-order chi connectivity index (χ0) is 8.43. The highest BCUT2D eigenvalue weighted by Gasteiger charge is 2.24. The van der Waals surface area contributed by atoms with Crippen molar-refractivity contribution < 1.29 is 13.7 Å². The smallest absolute Gasteiger partial charge is 0.278 e. The Morgan fingerprint density at radius 2 is 2.36 bits per heavy atom. The summed E-state index contributed by atoms with van der Waals surface area (Å²) in [6, 6.07) is 0. The van der Waals surface area contributed by atoms with E-state index in [-0.39, 0.29) is 0 Å². The van der Waals surface area contributed by atoms with Crippen LogP contribution < -0.4 is 0 Å². The molecule has 1 rings (SSSR count). The molecule has 0 bridgehead atoms. The Morgan fingerprint density at radius 3 is 2.73 bits per heavy atom. The molecule has 0 aromatic carbocycles. The molecule has 5 nitrogen and oxygen atoms in total. The van der Waals surface area contributed by atoms with Gasteiger partial charge in [-0.3, -0.25) is 15.2 Å². The Morgan fingerprint density at radius 1 is 1.73 bits per heavy atom. The van der Waals surface area contributed by atoms with Gasteiger partial charge in [-0.1, -0.05) is 0 Å². The molecule has 0 saturated carbocycles. The van der Waals surface area contributed by atoms with Crippen LogP contribution in [0.4, 0.5) is 14.5 Å². The number of H-pyrrole nitrogens is 1. The highest BCUT2D eigenvalue weighted by atomic mass is 19.3. The maximum atomic E-state index is 11.8. The van der Waals surface area contributed by atoms with E-state index in [0.717, 1.165) is 6.20 Å². The third-order valence-electron chi connectivity index (χ3n) is 1.05. The summed E-state index contributed by atoms with van der Waals surface area (Å²) >= 11 is 0. The van der Waals surface area contributed by atoms with Crippen molar-refractivity contribution in [1.82, 2.24) is 10.2 Å². The fourth-order valence-electron chi connectivity index (χ4n) is 0.601. The van der Waals surface area contributed by atoms with Gasteiger partial charge in [-0.25, -0.2) is 8.78 Å². The van der Waals surface area contributed by atoms with Gasteiger partial charge in [0.25, 0.3) is 6.43 Å². The normalized spacial score (nSPS) is 10.5. The van der Waals surface area contributed by atoms with Crippen molar-refractivity contribution in [3.63, 3.8) is 0 Å². The predicted octanol–water partition coefficient (Wildman–Crippen LogP) is 1.26. The first-order valence-corrected chi connectivity index (χ1v) is 2.59. The Balaban J connectivity index is 3.06. The number of nitrogens with one attached hydrogen (secondary N) is 1. The van der Waals surface area contributed by atoms with Crippen LogP contribution in [-0.2, 0) is 0 Å². The van der Waals surface area contributed by atoms with Gasteiger partial charge >= 0.3 is 5.69 Å². The van der Waals surface area contributed by atoms with Gasteiger partial charge in [0.15, 0.2) is 0 Å². The zero-order valence-electron chi connectivity index (χ0n) is 5.12. The Kier molecular flexibility index (Phi) is 1.79. The summed E-state index contributed by atoms with van der Waals surface area (Å²) in [4.78, 5) is 9.09. The maximum absolute atomic E-state index is 11.8. The van der Waals surface area contributed by atoms with Gasteiger partial charge in [0, 0.05) is 0 Å². The molecular formula is C4H3F2N3O2. The van der Waals surface area contributed by atoms with Crippen molar-refractivity contribution in [2.75, 3.05) is 0 Å². The van der Waals surface area contributed by atoms with E-state index in [0.29, 0.717) is 0 Å². The van der Waals surface area contributed by atoms with Gasteiger partial charge < -0.3 is 0 Å². The molecule has 60 valence electrons. The van der Waals surface area contributed by atoms with E-state index in [1.165, 1.54) is 0 Å². The minimum absolute atomic E-state index is 0.681. The fraction of sp³-hybridized carbons (Fsp3) is 0.250. The molecule has 1 aromatic rings.